The highest BCUT2D eigenvalue weighted by Gasteiger charge is 2.27. The molecule has 0 saturated heterocycles. The van der Waals surface area contributed by atoms with Crippen molar-refractivity contribution >= 4 is 29.2 Å². The largest absolute Gasteiger partial charge is 0.452 e. The van der Waals surface area contributed by atoms with E-state index < -0.39 is 59.2 Å². The minimum atomic E-state index is -2.38. The fraction of sp³-hybridized carbons (Fsp3) is 0.118. The highest BCUT2D eigenvalue weighted by Crippen LogP contribution is 2.27. The van der Waals surface area contributed by atoms with Crippen molar-refractivity contribution in [3.8, 4) is 0 Å². The predicted octanol–water partition coefficient (Wildman–Crippen LogP) is 3.14. The standard InChI is InChI=1S/C17H11F5N2O4/c1-7(25)23-9-4-2-3-8(5-9)17(27)28-6-10(26)24-16-14(21)12(19)11(18)13(20)15(16)22/h2-5H,6H2,1H3,(H,23,25)(H,24,26). The van der Waals surface area contributed by atoms with E-state index in [1.165, 1.54) is 36.5 Å². The SMILES string of the molecule is CC(=O)Nc1cccc(C(=O)OCC(=O)Nc2c(F)c(F)c(F)c(F)c2F)c1. The smallest absolute Gasteiger partial charge is 0.338 e. The molecule has 0 saturated carbocycles. The van der Waals surface area contributed by atoms with Gasteiger partial charge in [-0.2, -0.15) is 0 Å². The van der Waals surface area contributed by atoms with E-state index in [9.17, 15) is 36.3 Å². The fourth-order valence-electron chi connectivity index (χ4n) is 2.03. The lowest BCUT2D eigenvalue weighted by Crippen LogP contribution is -2.23. The number of rotatable bonds is 5. The lowest BCUT2D eigenvalue weighted by Gasteiger charge is -2.10. The number of hydrogen-bond acceptors (Lipinski definition) is 4. The van der Waals surface area contributed by atoms with Gasteiger partial charge in [0.25, 0.3) is 5.91 Å². The molecular weight excluding hydrogens is 391 g/mol. The Balaban J connectivity index is 2.06. The topological polar surface area (TPSA) is 84.5 Å². The molecule has 2 N–H and O–H groups in total. The molecular formula is C17H11F5N2O4. The molecule has 2 aromatic carbocycles. The van der Waals surface area contributed by atoms with Crippen molar-refractivity contribution in [1.82, 2.24) is 0 Å². The van der Waals surface area contributed by atoms with Gasteiger partial charge in [-0.1, -0.05) is 6.07 Å². The van der Waals surface area contributed by atoms with Crippen LogP contribution < -0.4 is 10.6 Å². The van der Waals surface area contributed by atoms with Gasteiger partial charge in [-0.25, -0.2) is 26.7 Å². The maximum absolute atomic E-state index is 13.5. The van der Waals surface area contributed by atoms with E-state index >= 15 is 0 Å². The number of amides is 2. The monoisotopic (exact) mass is 402 g/mol. The van der Waals surface area contributed by atoms with Gasteiger partial charge in [-0.05, 0) is 18.2 Å². The molecule has 0 aromatic heterocycles. The minimum Gasteiger partial charge on any atom is -0.452 e. The summed E-state index contributed by atoms with van der Waals surface area (Å²) in [4.78, 5) is 34.5. The Morgan fingerprint density at radius 1 is 0.893 bits per heavy atom. The normalized spacial score (nSPS) is 10.4. The Bertz CT molecular complexity index is 936. The van der Waals surface area contributed by atoms with Crippen LogP contribution in [-0.4, -0.2) is 24.4 Å². The van der Waals surface area contributed by atoms with E-state index in [4.69, 9.17) is 0 Å². The minimum absolute atomic E-state index is 0.0599. The molecule has 0 spiro atoms. The van der Waals surface area contributed by atoms with Gasteiger partial charge in [-0.15, -0.1) is 0 Å². The lowest BCUT2D eigenvalue weighted by molar-refractivity contribution is -0.119. The third-order valence-corrected chi connectivity index (χ3v) is 3.23. The van der Waals surface area contributed by atoms with Crippen LogP contribution in [0.3, 0.4) is 0 Å². The molecule has 2 aromatic rings. The summed E-state index contributed by atoms with van der Waals surface area (Å²) in [6.07, 6.45) is 0. The molecule has 2 amide bonds. The molecule has 0 fully saturated rings. The molecule has 0 aliphatic rings. The number of carbonyl (C=O) groups excluding carboxylic acids is 3. The molecule has 2 rings (SSSR count). The van der Waals surface area contributed by atoms with Gasteiger partial charge in [0.05, 0.1) is 5.56 Å². The summed E-state index contributed by atoms with van der Waals surface area (Å²) >= 11 is 0. The molecule has 0 atom stereocenters. The molecule has 0 heterocycles. The Labute approximate surface area is 154 Å². The zero-order valence-electron chi connectivity index (χ0n) is 14.0. The van der Waals surface area contributed by atoms with Crippen molar-refractivity contribution in [2.24, 2.45) is 0 Å². The van der Waals surface area contributed by atoms with Crippen LogP contribution in [-0.2, 0) is 14.3 Å². The zero-order chi connectivity index (χ0) is 21.0. The summed E-state index contributed by atoms with van der Waals surface area (Å²) in [6.45, 7) is 0.178. The number of carbonyl (C=O) groups is 3. The summed E-state index contributed by atoms with van der Waals surface area (Å²) in [7, 11) is 0. The molecule has 0 radical (unpaired) electrons. The van der Waals surface area contributed by atoms with E-state index in [1.54, 1.807) is 0 Å². The maximum atomic E-state index is 13.5. The Morgan fingerprint density at radius 3 is 2.04 bits per heavy atom. The summed E-state index contributed by atoms with van der Waals surface area (Å²) in [5, 5.41) is 3.88. The summed E-state index contributed by atoms with van der Waals surface area (Å²) in [6, 6.07) is 5.44. The first-order valence-electron chi connectivity index (χ1n) is 7.48. The maximum Gasteiger partial charge on any atom is 0.338 e. The number of hydrogen-bond donors (Lipinski definition) is 2. The van der Waals surface area contributed by atoms with Crippen molar-refractivity contribution in [3.63, 3.8) is 0 Å². The van der Waals surface area contributed by atoms with Gasteiger partial charge in [-0.3, -0.25) is 9.59 Å². The highest BCUT2D eigenvalue weighted by molar-refractivity contribution is 5.97. The molecule has 0 aliphatic carbocycles. The van der Waals surface area contributed by atoms with E-state index in [2.05, 4.69) is 10.1 Å². The molecule has 6 nitrogen and oxygen atoms in total. The number of ether oxygens (including phenoxy) is 1. The van der Waals surface area contributed by atoms with E-state index in [0.29, 0.717) is 0 Å². The number of halogens is 5. The summed E-state index contributed by atoms with van der Waals surface area (Å²) in [5.74, 6) is -14.1. The summed E-state index contributed by atoms with van der Waals surface area (Å²) < 4.78 is 70.7. The first-order valence-corrected chi connectivity index (χ1v) is 7.48. The van der Waals surface area contributed by atoms with E-state index in [0.717, 1.165) is 0 Å². The van der Waals surface area contributed by atoms with Gasteiger partial charge in [0.1, 0.15) is 5.69 Å². The van der Waals surface area contributed by atoms with Crippen molar-refractivity contribution in [1.29, 1.82) is 0 Å². The van der Waals surface area contributed by atoms with E-state index in [1.807, 2.05) is 0 Å². The second-order valence-corrected chi connectivity index (χ2v) is 5.33. The van der Waals surface area contributed by atoms with Crippen LogP contribution in [0.5, 0.6) is 0 Å². The highest BCUT2D eigenvalue weighted by atomic mass is 19.2. The van der Waals surface area contributed by atoms with Gasteiger partial charge >= 0.3 is 5.97 Å². The van der Waals surface area contributed by atoms with Gasteiger partial charge in [0.2, 0.25) is 11.7 Å². The second-order valence-electron chi connectivity index (χ2n) is 5.33. The van der Waals surface area contributed by atoms with Gasteiger partial charge < -0.3 is 15.4 Å². The van der Waals surface area contributed by atoms with E-state index in [-0.39, 0.29) is 11.3 Å². The molecule has 11 heteroatoms. The van der Waals surface area contributed by atoms with Crippen LogP contribution in [0.4, 0.5) is 33.3 Å². The number of esters is 1. The zero-order valence-corrected chi connectivity index (χ0v) is 14.0. The van der Waals surface area contributed by atoms with Crippen molar-refractivity contribution in [2.75, 3.05) is 17.2 Å². The van der Waals surface area contributed by atoms with Crippen LogP contribution in [0.15, 0.2) is 24.3 Å². The second kappa shape index (κ2) is 8.46. The third kappa shape index (κ3) is 4.61. The molecule has 148 valence electrons. The average Bonchev–Trinajstić information content (AvgIpc) is 2.66. The quantitative estimate of drug-likeness (QED) is 0.348. The van der Waals surface area contributed by atoms with Crippen LogP contribution in [0, 0.1) is 29.1 Å². The molecule has 28 heavy (non-hydrogen) atoms. The van der Waals surface area contributed by atoms with Crippen LogP contribution in [0.1, 0.15) is 17.3 Å². The van der Waals surface area contributed by atoms with Crippen molar-refractivity contribution < 1.29 is 41.1 Å². The molecule has 0 aliphatic heterocycles. The third-order valence-electron chi connectivity index (χ3n) is 3.23. The van der Waals surface area contributed by atoms with Crippen LogP contribution in [0.2, 0.25) is 0 Å². The van der Waals surface area contributed by atoms with Crippen molar-refractivity contribution in [2.45, 2.75) is 6.92 Å². The lowest BCUT2D eigenvalue weighted by atomic mass is 10.2. The molecule has 0 unspecified atom stereocenters. The summed E-state index contributed by atoms with van der Waals surface area (Å²) in [5.41, 5.74) is -1.35. The van der Waals surface area contributed by atoms with Crippen molar-refractivity contribution in [3.05, 3.63) is 58.9 Å². The predicted molar refractivity (Wildman–Crippen MR) is 85.9 cm³/mol. The van der Waals surface area contributed by atoms with Gasteiger partial charge in [0, 0.05) is 12.6 Å². The number of anilines is 2. The molecule has 0 bridgehead atoms. The number of nitrogens with one attached hydrogen (secondary N) is 2. The first-order chi connectivity index (χ1) is 13.1. The Morgan fingerprint density at radius 2 is 1.46 bits per heavy atom. The van der Waals surface area contributed by atoms with Gasteiger partial charge in [0.15, 0.2) is 29.9 Å². The average molecular weight is 402 g/mol. The Hall–Kier alpha value is -3.50. The first kappa shape index (κ1) is 20.8. The van der Waals surface area contributed by atoms with Crippen LogP contribution >= 0.6 is 0 Å². The Kier molecular flexibility index (Phi) is 6.29. The van der Waals surface area contributed by atoms with Crippen LogP contribution in [0.25, 0.3) is 0 Å². The fourth-order valence-corrected chi connectivity index (χ4v) is 2.03. The number of benzene rings is 2.